The SMILES string of the molecule is Cc1cc(NC(=O)c2ccoc2C)cc(C(=O)O)c1C. The van der Waals surface area contributed by atoms with Crippen molar-refractivity contribution in [2.75, 3.05) is 5.32 Å². The van der Waals surface area contributed by atoms with Crippen LogP contribution in [0.2, 0.25) is 0 Å². The van der Waals surface area contributed by atoms with Crippen LogP contribution >= 0.6 is 0 Å². The molecular formula is C15H15NO4. The van der Waals surface area contributed by atoms with Crippen molar-refractivity contribution < 1.29 is 19.1 Å². The summed E-state index contributed by atoms with van der Waals surface area (Å²) in [6.07, 6.45) is 1.44. The Balaban J connectivity index is 2.33. The van der Waals surface area contributed by atoms with Crippen molar-refractivity contribution >= 4 is 17.6 Å². The van der Waals surface area contributed by atoms with Crippen LogP contribution in [0, 0.1) is 20.8 Å². The molecule has 0 aliphatic carbocycles. The highest BCUT2D eigenvalue weighted by Crippen LogP contribution is 2.21. The summed E-state index contributed by atoms with van der Waals surface area (Å²) in [6.45, 7) is 5.24. The molecule has 0 bridgehead atoms. The fourth-order valence-corrected chi connectivity index (χ4v) is 1.97. The molecule has 0 radical (unpaired) electrons. The van der Waals surface area contributed by atoms with E-state index in [1.807, 2.05) is 0 Å². The summed E-state index contributed by atoms with van der Waals surface area (Å²) in [5.74, 6) is -0.818. The quantitative estimate of drug-likeness (QED) is 0.900. The molecule has 5 heteroatoms. The van der Waals surface area contributed by atoms with Crippen molar-refractivity contribution in [1.29, 1.82) is 0 Å². The Bertz CT molecular complexity index is 685. The third-order valence-electron chi connectivity index (χ3n) is 3.26. The lowest BCUT2D eigenvalue weighted by Crippen LogP contribution is -2.13. The van der Waals surface area contributed by atoms with Gasteiger partial charge < -0.3 is 14.8 Å². The van der Waals surface area contributed by atoms with Crippen molar-refractivity contribution in [3.8, 4) is 0 Å². The zero-order valence-corrected chi connectivity index (χ0v) is 11.5. The number of anilines is 1. The number of carbonyl (C=O) groups excluding carboxylic acids is 1. The molecule has 0 fully saturated rings. The molecule has 0 aliphatic heterocycles. The van der Waals surface area contributed by atoms with E-state index in [2.05, 4.69) is 5.32 Å². The Kier molecular flexibility index (Phi) is 3.61. The van der Waals surface area contributed by atoms with Crippen LogP contribution in [-0.4, -0.2) is 17.0 Å². The first-order valence-corrected chi connectivity index (χ1v) is 6.10. The van der Waals surface area contributed by atoms with Gasteiger partial charge in [-0.25, -0.2) is 4.79 Å². The normalized spacial score (nSPS) is 10.3. The van der Waals surface area contributed by atoms with E-state index in [1.165, 1.54) is 12.3 Å². The molecular weight excluding hydrogens is 258 g/mol. The largest absolute Gasteiger partial charge is 0.478 e. The average molecular weight is 273 g/mol. The highest BCUT2D eigenvalue weighted by Gasteiger charge is 2.15. The van der Waals surface area contributed by atoms with Gasteiger partial charge >= 0.3 is 5.97 Å². The highest BCUT2D eigenvalue weighted by atomic mass is 16.4. The summed E-state index contributed by atoms with van der Waals surface area (Å²) >= 11 is 0. The number of rotatable bonds is 3. The molecule has 2 rings (SSSR count). The van der Waals surface area contributed by atoms with E-state index < -0.39 is 5.97 Å². The van der Waals surface area contributed by atoms with Gasteiger partial charge in [-0.15, -0.1) is 0 Å². The summed E-state index contributed by atoms with van der Waals surface area (Å²) in [4.78, 5) is 23.2. The first-order valence-electron chi connectivity index (χ1n) is 6.10. The maximum atomic E-state index is 12.1. The summed E-state index contributed by atoms with van der Waals surface area (Å²) in [5, 5.41) is 11.8. The van der Waals surface area contributed by atoms with E-state index in [1.54, 1.807) is 32.9 Å². The second-order valence-corrected chi connectivity index (χ2v) is 4.62. The fourth-order valence-electron chi connectivity index (χ4n) is 1.97. The molecule has 1 heterocycles. The van der Waals surface area contributed by atoms with Crippen LogP contribution in [-0.2, 0) is 0 Å². The Morgan fingerprint density at radius 3 is 2.40 bits per heavy atom. The van der Waals surface area contributed by atoms with Gasteiger partial charge in [0.05, 0.1) is 17.4 Å². The van der Waals surface area contributed by atoms with Gasteiger partial charge in [-0.05, 0) is 50.1 Å². The van der Waals surface area contributed by atoms with Gasteiger partial charge in [0.25, 0.3) is 5.91 Å². The van der Waals surface area contributed by atoms with Crippen LogP contribution in [0.4, 0.5) is 5.69 Å². The third kappa shape index (κ3) is 2.56. The van der Waals surface area contributed by atoms with Crippen molar-refractivity contribution in [3.63, 3.8) is 0 Å². The van der Waals surface area contributed by atoms with Crippen LogP contribution < -0.4 is 5.32 Å². The third-order valence-corrected chi connectivity index (χ3v) is 3.26. The number of amides is 1. The van der Waals surface area contributed by atoms with Crippen molar-refractivity contribution in [3.05, 3.63) is 52.5 Å². The van der Waals surface area contributed by atoms with Gasteiger partial charge in [0.1, 0.15) is 5.76 Å². The Labute approximate surface area is 116 Å². The molecule has 2 aromatic rings. The van der Waals surface area contributed by atoms with Crippen molar-refractivity contribution in [2.45, 2.75) is 20.8 Å². The number of carbonyl (C=O) groups is 2. The lowest BCUT2D eigenvalue weighted by molar-refractivity contribution is 0.0695. The van der Waals surface area contributed by atoms with Gasteiger partial charge in [0.2, 0.25) is 0 Å². The molecule has 1 aromatic carbocycles. The second kappa shape index (κ2) is 5.21. The molecule has 0 unspecified atom stereocenters. The molecule has 0 saturated heterocycles. The summed E-state index contributed by atoms with van der Waals surface area (Å²) in [6, 6.07) is 4.77. The molecule has 0 spiro atoms. The highest BCUT2D eigenvalue weighted by molar-refractivity contribution is 6.05. The van der Waals surface area contributed by atoms with Gasteiger partial charge in [0.15, 0.2) is 0 Å². The predicted octanol–water partition coefficient (Wildman–Crippen LogP) is 3.16. The molecule has 20 heavy (non-hydrogen) atoms. The van der Waals surface area contributed by atoms with Gasteiger partial charge in [-0.3, -0.25) is 4.79 Å². The van der Waals surface area contributed by atoms with E-state index in [4.69, 9.17) is 9.52 Å². The molecule has 0 aliphatic rings. The lowest BCUT2D eigenvalue weighted by Gasteiger charge is -2.10. The van der Waals surface area contributed by atoms with Crippen LogP contribution in [0.5, 0.6) is 0 Å². The molecule has 0 saturated carbocycles. The van der Waals surface area contributed by atoms with Gasteiger partial charge in [-0.2, -0.15) is 0 Å². The number of nitrogens with one attached hydrogen (secondary N) is 1. The minimum atomic E-state index is -1.01. The number of aryl methyl sites for hydroxylation is 2. The average Bonchev–Trinajstić information content (AvgIpc) is 2.79. The van der Waals surface area contributed by atoms with E-state index in [0.29, 0.717) is 22.6 Å². The van der Waals surface area contributed by atoms with Gasteiger partial charge in [-0.1, -0.05) is 0 Å². The number of benzene rings is 1. The predicted molar refractivity (Wildman–Crippen MR) is 74.3 cm³/mol. The van der Waals surface area contributed by atoms with E-state index >= 15 is 0 Å². The van der Waals surface area contributed by atoms with Crippen LogP contribution in [0.15, 0.2) is 28.9 Å². The smallest absolute Gasteiger partial charge is 0.336 e. The van der Waals surface area contributed by atoms with Gasteiger partial charge in [0, 0.05) is 5.69 Å². The van der Waals surface area contributed by atoms with Crippen molar-refractivity contribution in [2.24, 2.45) is 0 Å². The Morgan fingerprint density at radius 2 is 1.85 bits per heavy atom. The number of furan rings is 1. The van der Waals surface area contributed by atoms with Crippen LogP contribution in [0.25, 0.3) is 0 Å². The second-order valence-electron chi connectivity index (χ2n) is 4.62. The van der Waals surface area contributed by atoms with E-state index in [-0.39, 0.29) is 11.5 Å². The minimum absolute atomic E-state index is 0.184. The number of carboxylic acid groups (broad SMARTS) is 1. The number of carboxylic acids is 1. The maximum Gasteiger partial charge on any atom is 0.336 e. The lowest BCUT2D eigenvalue weighted by atomic mass is 10.0. The molecule has 1 amide bonds. The van der Waals surface area contributed by atoms with Crippen molar-refractivity contribution in [1.82, 2.24) is 0 Å². The molecule has 5 nitrogen and oxygen atoms in total. The molecule has 1 aromatic heterocycles. The molecule has 2 N–H and O–H groups in total. The molecule has 0 atom stereocenters. The number of hydrogen-bond acceptors (Lipinski definition) is 3. The summed E-state index contributed by atoms with van der Waals surface area (Å²) < 4.78 is 5.07. The number of aromatic carboxylic acids is 1. The zero-order valence-electron chi connectivity index (χ0n) is 11.5. The Hall–Kier alpha value is -2.56. The monoisotopic (exact) mass is 273 g/mol. The fraction of sp³-hybridized carbons (Fsp3) is 0.200. The first-order chi connectivity index (χ1) is 9.40. The summed E-state index contributed by atoms with van der Waals surface area (Å²) in [5.41, 5.74) is 2.57. The summed E-state index contributed by atoms with van der Waals surface area (Å²) in [7, 11) is 0. The standard InChI is InChI=1S/C15H15NO4/c1-8-6-11(7-13(9(8)2)15(18)19)16-14(17)12-4-5-20-10(12)3/h4-7H,1-3H3,(H,16,17)(H,18,19). The van der Waals surface area contributed by atoms with Crippen LogP contribution in [0.3, 0.4) is 0 Å². The first kappa shape index (κ1) is 13.9. The zero-order chi connectivity index (χ0) is 14.9. The van der Waals surface area contributed by atoms with Crippen LogP contribution in [0.1, 0.15) is 37.6 Å². The maximum absolute atomic E-state index is 12.1. The Morgan fingerprint density at radius 1 is 1.15 bits per heavy atom. The van der Waals surface area contributed by atoms with E-state index in [9.17, 15) is 9.59 Å². The molecule has 104 valence electrons. The van der Waals surface area contributed by atoms with E-state index in [0.717, 1.165) is 5.56 Å². The topological polar surface area (TPSA) is 79.5 Å². The number of hydrogen-bond donors (Lipinski definition) is 2. The minimum Gasteiger partial charge on any atom is -0.478 e.